The first-order valence-corrected chi connectivity index (χ1v) is 5.28. The van der Waals surface area contributed by atoms with Crippen molar-refractivity contribution in [1.29, 1.82) is 0 Å². The van der Waals surface area contributed by atoms with Crippen molar-refractivity contribution in [3.05, 3.63) is 0 Å². The number of nitrogens with zero attached hydrogens (tertiary/aromatic N) is 1. The van der Waals surface area contributed by atoms with Gasteiger partial charge in [0.05, 0.1) is 12.1 Å². The average molecular weight is 196 g/mol. The van der Waals surface area contributed by atoms with Crippen LogP contribution in [0.5, 0.6) is 0 Å². The number of rotatable bonds is 3. The van der Waals surface area contributed by atoms with Crippen LogP contribution in [0.3, 0.4) is 0 Å². The molecule has 0 fully saturated rings. The second-order valence-electron chi connectivity index (χ2n) is 4.88. The minimum Gasteiger partial charge on any atom is -0.316 e. The molecule has 0 atom stereocenters. The minimum absolute atomic E-state index is 0.375. The second-order valence-corrected chi connectivity index (χ2v) is 4.88. The van der Waals surface area contributed by atoms with Gasteiger partial charge < -0.3 is 5.73 Å². The lowest BCUT2D eigenvalue weighted by Crippen LogP contribution is -2.37. The molecule has 2 nitrogen and oxygen atoms in total. The molecule has 2 N–H and O–H groups in total. The summed E-state index contributed by atoms with van der Waals surface area (Å²) >= 11 is 0. The predicted octanol–water partition coefficient (Wildman–Crippen LogP) is 1.85. The molecular formula is C12H24N2. The van der Waals surface area contributed by atoms with Gasteiger partial charge in [0.15, 0.2) is 0 Å². The van der Waals surface area contributed by atoms with E-state index in [1.54, 1.807) is 0 Å². The summed E-state index contributed by atoms with van der Waals surface area (Å²) in [6.07, 6.45) is 0. The summed E-state index contributed by atoms with van der Waals surface area (Å²) in [5.41, 5.74) is 5.41. The highest BCUT2D eigenvalue weighted by molar-refractivity contribution is 5.13. The molecule has 0 aliphatic carbocycles. The van der Waals surface area contributed by atoms with Crippen LogP contribution >= 0.6 is 0 Å². The molecule has 0 amide bonds. The van der Waals surface area contributed by atoms with Crippen molar-refractivity contribution >= 4 is 0 Å². The average Bonchev–Trinajstić information content (AvgIpc) is 1.94. The first kappa shape index (κ1) is 13.5. The highest BCUT2D eigenvalue weighted by Crippen LogP contribution is 2.03. The molecule has 0 spiro atoms. The zero-order valence-corrected chi connectivity index (χ0v) is 10.4. The van der Waals surface area contributed by atoms with Crippen LogP contribution in [0, 0.1) is 11.8 Å². The van der Waals surface area contributed by atoms with Crippen LogP contribution in [0.4, 0.5) is 0 Å². The van der Waals surface area contributed by atoms with E-state index in [1.807, 2.05) is 13.8 Å². The summed E-state index contributed by atoms with van der Waals surface area (Å²) in [6, 6.07) is 1.07. The van der Waals surface area contributed by atoms with E-state index in [-0.39, 0.29) is 5.54 Å². The summed E-state index contributed by atoms with van der Waals surface area (Å²) in [5, 5.41) is 0. The van der Waals surface area contributed by atoms with Gasteiger partial charge in [0.2, 0.25) is 0 Å². The van der Waals surface area contributed by atoms with Crippen molar-refractivity contribution in [3.8, 4) is 11.8 Å². The highest BCUT2D eigenvalue weighted by Gasteiger charge is 2.11. The van der Waals surface area contributed by atoms with Gasteiger partial charge in [-0.3, -0.25) is 4.90 Å². The highest BCUT2D eigenvalue weighted by atomic mass is 15.2. The largest absolute Gasteiger partial charge is 0.316 e. The molecule has 14 heavy (non-hydrogen) atoms. The summed E-state index contributed by atoms with van der Waals surface area (Å²) in [6.45, 7) is 13.4. The maximum Gasteiger partial charge on any atom is 0.0719 e. The van der Waals surface area contributed by atoms with Gasteiger partial charge in [0.25, 0.3) is 0 Å². The molecule has 0 saturated carbocycles. The lowest BCUT2D eigenvalue weighted by atomic mass is 10.1. The molecular weight excluding hydrogens is 172 g/mol. The van der Waals surface area contributed by atoms with E-state index < -0.39 is 0 Å². The van der Waals surface area contributed by atoms with Crippen LogP contribution in [-0.4, -0.2) is 29.1 Å². The van der Waals surface area contributed by atoms with Gasteiger partial charge in [0, 0.05) is 12.1 Å². The molecule has 0 bridgehead atoms. The molecule has 0 rings (SSSR count). The quantitative estimate of drug-likeness (QED) is 0.698. The summed E-state index contributed by atoms with van der Waals surface area (Å²) < 4.78 is 0. The lowest BCUT2D eigenvalue weighted by molar-refractivity contribution is 0.199. The summed E-state index contributed by atoms with van der Waals surface area (Å²) in [4.78, 5) is 2.35. The summed E-state index contributed by atoms with van der Waals surface area (Å²) in [5.74, 6) is 6.19. The Bertz CT molecular complexity index is 205. The van der Waals surface area contributed by atoms with Gasteiger partial charge in [-0.05, 0) is 41.5 Å². The van der Waals surface area contributed by atoms with Gasteiger partial charge in [-0.1, -0.05) is 11.8 Å². The molecule has 0 saturated heterocycles. The van der Waals surface area contributed by atoms with Gasteiger partial charge in [-0.2, -0.15) is 0 Å². The Hall–Kier alpha value is -0.520. The van der Waals surface area contributed by atoms with Crippen molar-refractivity contribution in [2.75, 3.05) is 6.54 Å². The van der Waals surface area contributed by atoms with Crippen molar-refractivity contribution in [1.82, 2.24) is 4.90 Å². The van der Waals surface area contributed by atoms with E-state index in [2.05, 4.69) is 44.4 Å². The van der Waals surface area contributed by atoms with Crippen LogP contribution in [-0.2, 0) is 0 Å². The van der Waals surface area contributed by atoms with Gasteiger partial charge >= 0.3 is 0 Å². The van der Waals surface area contributed by atoms with Crippen LogP contribution in [0.1, 0.15) is 41.5 Å². The number of nitrogens with two attached hydrogens (primary N) is 1. The SMILES string of the molecule is CC(C)N(CC#CC(C)(C)N)C(C)C. The Morgan fingerprint density at radius 1 is 1.14 bits per heavy atom. The summed E-state index contributed by atoms with van der Waals surface area (Å²) in [7, 11) is 0. The molecule has 0 aliphatic heterocycles. The topological polar surface area (TPSA) is 29.3 Å². The van der Waals surface area contributed by atoms with Crippen LogP contribution in [0.2, 0.25) is 0 Å². The van der Waals surface area contributed by atoms with Crippen molar-refractivity contribution in [2.45, 2.75) is 59.2 Å². The van der Waals surface area contributed by atoms with Crippen molar-refractivity contribution in [2.24, 2.45) is 5.73 Å². The van der Waals surface area contributed by atoms with E-state index in [0.29, 0.717) is 12.1 Å². The molecule has 82 valence electrons. The first-order valence-electron chi connectivity index (χ1n) is 5.28. The normalized spacial score (nSPS) is 12.1. The first-order chi connectivity index (χ1) is 6.24. The third-order valence-electron chi connectivity index (χ3n) is 2.00. The zero-order valence-electron chi connectivity index (χ0n) is 10.4. The number of hydrogen-bond acceptors (Lipinski definition) is 2. The molecule has 0 unspecified atom stereocenters. The van der Waals surface area contributed by atoms with E-state index >= 15 is 0 Å². The van der Waals surface area contributed by atoms with Crippen LogP contribution in [0.15, 0.2) is 0 Å². The van der Waals surface area contributed by atoms with Crippen LogP contribution in [0.25, 0.3) is 0 Å². The molecule has 0 aliphatic rings. The van der Waals surface area contributed by atoms with Gasteiger partial charge in [-0.15, -0.1) is 0 Å². The van der Waals surface area contributed by atoms with E-state index in [0.717, 1.165) is 6.54 Å². The van der Waals surface area contributed by atoms with Crippen LogP contribution < -0.4 is 5.73 Å². The smallest absolute Gasteiger partial charge is 0.0719 e. The Morgan fingerprint density at radius 3 is 1.86 bits per heavy atom. The maximum absolute atomic E-state index is 5.78. The lowest BCUT2D eigenvalue weighted by Gasteiger charge is -2.28. The fourth-order valence-corrected chi connectivity index (χ4v) is 1.32. The molecule has 0 radical (unpaired) electrons. The van der Waals surface area contributed by atoms with E-state index in [9.17, 15) is 0 Å². The van der Waals surface area contributed by atoms with Gasteiger partial charge in [-0.25, -0.2) is 0 Å². The number of hydrogen-bond donors (Lipinski definition) is 1. The standard InChI is InChI=1S/C12H24N2/c1-10(2)14(11(3)4)9-7-8-12(5,6)13/h10-11H,9,13H2,1-6H3. The van der Waals surface area contributed by atoms with Crippen molar-refractivity contribution in [3.63, 3.8) is 0 Å². The van der Waals surface area contributed by atoms with Gasteiger partial charge in [0.1, 0.15) is 0 Å². The second kappa shape index (κ2) is 5.38. The van der Waals surface area contributed by atoms with E-state index in [4.69, 9.17) is 5.73 Å². The van der Waals surface area contributed by atoms with E-state index in [1.165, 1.54) is 0 Å². The molecule has 0 aromatic rings. The third-order valence-corrected chi connectivity index (χ3v) is 2.00. The zero-order chi connectivity index (χ0) is 11.4. The third kappa shape index (κ3) is 6.01. The molecule has 2 heteroatoms. The predicted molar refractivity (Wildman–Crippen MR) is 63.0 cm³/mol. The fourth-order valence-electron chi connectivity index (χ4n) is 1.32. The Balaban J connectivity index is 4.25. The Labute approximate surface area is 88.9 Å². The molecule has 0 aromatic carbocycles. The Morgan fingerprint density at radius 2 is 1.57 bits per heavy atom. The fraction of sp³-hybridized carbons (Fsp3) is 0.833. The Kier molecular flexibility index (Phi) is 5.18. The molecule has 0 aromatic heterocycles. The molecule has 0 heterocycles. The maximum atomic E-state index is 5.78. The van der Waals surface area contributed by atoms with Crippen molar-refractivity contribution < 1.29 is 0 Å². The monoisotopic (exact) mass is 196 g/mol. The minimum atomic E-state index is -0.375.